The molecule has 5 nitrogen and oxygen atoms in total. The van der Waals surface area contributed by atoms with E-state index < -0.39 is 21.7 Å². The summed E-state index contributed by atoms with van der Waals surface area (Å²) in [6, 6.07) is 9.39. The first kappa shape index (κ1) is 19.4. The Hall–Kier alpha value is -1.96. The van der Waals surface area contributed by atoms with Gasteiger partial charge in [-0.3, -0.25) is 4.79 Å². The summed E-state index contributed by atoms with van der Waals surface area (Å²) in [6.45, 7) is 4.05. The number of anilines is 1. The number of rotatable bonds is 6. The number of carbonyl (C=O) groups is 1. The minimum atomic E-state index is -3.77. The van der Waals surface area contributed by atoms with Crippen molar-refractivity contribution < 1.29 is 17.6 Å². The number of amides is 1. The second-order valence-corrected chi connectivity index (χ2v) is 7.51. The molecule has 0 bridgehead atoms. The summed E-state index contributed by atoms with van der Waals surface area (Å²) in [5.74, 6) is -1.08. The minimum Gasteiger partial charge on any atom is -0.322 e. The summed E-state index contributed by atoms with van der Waals surface area (Å²) in [6.07, 6.45) is 0. The van der Waals surface area contributed by atoms with Crippen LogP contribution in [-0.2, 0) is 10.0 Å². The largest absolute Gasteiger partial charge is 0.322 e. The smallest absolute Gasteiger partial charge is 0.255 e. The molecule has 0 heterocycles. The molecule has 25 heavy (non-hydrogen) atoms. The van der Waals surface area contributed by atoms with E-state index in [-0.39, 0.29) is 21.2 Å². The number of nitrogens with one attached hydrogen (secondary N) is 1. The molecule has 0 aliphatic rings. The fourth-order valence-electron chi connectivity index (χ4n) is 2.31. The highest BCUT2D eigenvalue weighted by atomic mass is 35.5. The number of hydrogen-bond acceptors (Lipinski definition) is 3. The highest BCUT2D eigenvalue weighted by Gasteiger charge is 2.25. The molecule has 0 saturated heterocycles. The Morgan fingerprint density at radius 3 is 2.44 bits per heavy atom. The first-order valence-electron chi connectivity index (χ1n) is 7.66. The fraction of sp³-hybridized carbons (Fsp3) is 0.235. The van der Waals surface area contributed by atoms with Crippen molar-refractivity contribution in [3.05, 3.63) is 58.9 Å². The summed E-state index contributed by atoms with van der Waals surface area (Å²) in [7, 11) is -3.77. The highest BCUT2D eigenvalue weighted by Crippen LogP contribution is 2.28. The van der Waals surface area contributed by atoms with Crippen LogP contribution in [0.5, 0.6) is 0 Å². The van der Waals surface area contributed by atoms with Gasteiger partial charge in [0.05, 0.1) is 5.02 Å². The van der Waals surface area contributed by atoms with E-state index in [4.69, 9.17) is 11.6 Å². The van der Waals surface area contributed by atoms with E-state index in [2.05, 4.69) is 5.32 Å². The third kappa shape index (κ3) is 4.36. The lowest BCUT2D eigenvalue weighted by molar-refractivity contribution is 0.102. The Morgan fingerprint density at radius 1 is 1.16 bits per heavy atom. The molecule has 2 aromatic rings. The molecule has 0 unspecified atom stereocenters. The van der Waals surface area contributed by atoms with E-state index in [1.54, 1.807) is 13.8 Å². The van der Waals surface area contributed by atoms with Gasteiger partial charge in [-0.2, -0.15) is 4.31 Å². The quantitative estimate of drug-likeness (QED) is 0.824. The van der Waals surface area contributed by atoms with Crippen LogP contribution in [0.3, 0.4) is 0 Å². The summed E-state index contributed by atoms with van der Waals surface area (Å²) < 4.78 is 39.8. The molecule has 0 aromatic heterocycles. The molecule has 0 atom stereocenters. The van der Waals surface area contributed by atoms with Gasteiger partial charge in [-0.25, -0.2) is 12.8 Å². The van der Waals surface area contributed by atoms with Gasteiger partial charge in [-0.15, -0.1) is 0 Å². The number of nitrogens with zero attached hydrogens (tertiary/aromatic N) is 1. The molecule has 0 saturated carbocycles. The van der Waals surface area contributed by atoms with Crippen LogP contribution >= 0.6 is 11.6 Å². The zero-order valence-electron chi connectivity index (χ0n) is 13.8. The monoisotopic (exact) mass is 384 g/mol. The maximum absolute atomic E-state index is 13.2. The molecule has 0 spiro atoms. The Morgan fingerprint density at radius 2 is 1.84 bits per heavy atom. The zero-order valence-corrected chi connectivity index (χ0v) is 15.4. The van der Waals surface area contributed by atoms with E-state index in [0.29, 0.717) is 13.1 Å². The first-order valence-corrected chi connectivity index (χ1v) is 9.48. The van der Waals surface area contributed by atoms with Crippen LogP contribution in [0, 0.1) is 5.82 Å². The van der Waals surface area contributed by atoms with Crippen LogP contribution in [0.15, 0.2) is 47.4 Å². The summed E-state index contributed by atoms with van der Waals surface area (Å²) in [5.41, 5.74) is 0.382. The number of carbonyl (C=O) groups excluding carboxylic acids is 1. The molecule has 0 aliphatic carbocycles. The third-order valence-corrected chi connectivity index (χ3v) is 6.13. The van der Waals surface area contributed by atoms with Crippen LogP contribution in [-0.4, -0.2) is 31.7 Å². The van der Waals surface area contributed by atoms with E-state index in [1.165, 1.54) is 40.7 Å². The van der Waals surface area contributed by atoms with Gasteiger partial charge >= 0.3 is 0 Å². The van der Waals surface area contributed by atoms with Crippen molar-refractivity contribution >= 4 is 33.2 Å². The topological polar surface area (TPSA) is 66.5 Å². The van der Waals surface area contributed by atoms with Crippen molar-refractivity contribution in [2.24, 2.45) is 0 Å². The van der Waals surface area contributed by atoms with Crippen molar-refractivity contribution in [3.8, 4) is 0 Å². The SMILES string of the molecule is CCN(CC)S(=O)(=O)c1cc(NC(=O)c2cccc(F)c2)ccc1Cl. The Kier molecular flexibility index (Phi) is 6.16. The van der Waals surface area contributed by atoms with Crippen LogP contribution in [0.25, 0.3) is 0 Å². The molecule has 0 aliphatic heterocycles. The van der Waals surface area contributed by atoms with Gasteiger partial charge in [0.2, 0.25) is 10.0 Å². The molecule has 1 amide bonds. The lowest BCUT2D eigenvalue weighted by Gasteiger charge is -2.19. The standard InChI is InChI=1S/C17H18ClFN2O3S/c1-3-21(4-2)25(23,24)16-11-14(8-9-15(16)18)20-17(22)12-6-5-7-13(19)10-12/h5-11H,3-4H2,1-2H3,(H,20,22). The molecule has 2 rings (SSSR count). The predicted molar refractivity (Wildman–Crippen MR) is 95.9 cm³/mol. The molecule has 134 valence electrons. The van der Waals surface area contributed by atoms with Crippen LogP contribution < -0.4 is 5.32 Å². The van der Waals surface area contributed by atoms with Crippen molar-refractivity contribution in [3.63, 3.8) is 0 Å². The van der Waals surface area contributed by atoms with Crippen LogP contribution in [0.4, 0.5) is 10.1 Å². The maximum atomic E-state index is 13.2. The number of sulfonamides is 1. The van der Waals surface area contributed by atoms with Crippen molar-refractivity contribution in [1.82, 2.24) is 4.31 Å². The number of halogens is 2. The van der Waals surface area contributed by atoms with Gasteiger partial charge in [0.1, 0.15) is 10.7 Å². The number of benzene rings is 2. The van der Waals surface area contributed by atoms with E-state index in [0.717, 1.165) is 6.07 Å². The lowest BCUT2D eigenvalue weighted by atomic mass is 10.2. The fourth-order valence-corrected chi connectivity index (χ4v) is 4.27. The van der Waals surface area contributed by atoms with Gasteiger partial charge < -0.3 is 5.32 Å². The summed E-state index contributed by atoms with van der Waals surface area (Å²) in [5, 5.41) is 2.62. The normalized spacial score (nSPS) is 11.6. The number of hydrogen-bond donors (Lipinski definition) is 1. The molecule has 2 aromatic carbocycles. The molecule has 8 heteroatoms. The molecular weight excluding hydrogens is 367 g/mol. The maximum Gasteiger partial charge on any atom is 0.255 e. The minimum absolute atomic E-state index is 0.0654. The average Bonchev–Trinajstić information content (AvgIpc) is 2.57. The van der Waals surface area contributed by atoms with Crippen LogP contribution in [0.1, 0.15) is 24.2 Å². The molecule has 0 fully saturated rings. The van der Waals surface area contributed by atoms with Crippen molar-refractivity contribution in [2.45, 2.75) is 18.7 Å². The van der Waals surface area contributed by atoms with Crippen molar-refractivity contribution in [1.29, 1.82) is 0 Å². The van der Waals surface area contributed by atoms with Crippen LogP contribution in [0.2, 0.25) is 5.02 Å². The Bertz CT molecular complexity index is 883. The van der Waals surface area contributed by atoms with Gasteiger partial charge in [0.25, 0.3) is 5.91 Å². The van der Waals surface area contributed by atoms with Gasteiger partial charge in [-0.05, 0) is 36.4 Å². The van der Waals surface area contributed by atoms with Crippen molar-refractivity contribution in [2.75, 3.05) is 18.4 Å². The predicted octanol–water partition coefficient (Wildman–Crippen LogP) is 3.76. The molecular formula is C17H18ClFN2O3S. The second kappa shape index (κ2) is 7.95. The Balaban J connectivity index is 2.34. The summed E-state index contributed by atoms with van der Waals surface area (Å²) in [4.78, 5) is 12.1. The first-order chi connectivity index (χ1) is 11.8. The molecule has 0 radical (unpaired) electrons. The zero-order chi connectivity index (χ0) is 18.6. The second-order valence-electron chi connectivity index (χ2n) is 5.20. The highest BCUT2D eigenvalue weighted by molar-refractivity contribution is 7.89. The lowest BCUT2D eigenvalue weighted by Crippen LogP contribution is -2.30. The van der Waals surface area contributed by atoms with Gasteiger partial charge in [0.15, 0.2) is 0 Å². The van der Waals surface area contributed by atoms with E-state index in [1.807, 2.05) is 0 Å². The summed E-state index contributed by atoms with van der Waals surface area (Å²) >= 11 is 6.04. The average molecular weight is 385 g/mol. The van der Waals surface area contributed by atoms with E-state index >= 15 is 0 Å². The molecule has 1 N–H and O–H groups in total. The van der Waals surface area contributed by atoms with Gasteiger partial charge in [-0.1, -0.05) is 31.5 Å². The third-order valence-electron chi connectivity index (χ3n) is 3.60. The van der Waals surface area contributed by atoms with Gasteiger partial charge in [0, 0.05) is 24.3 Å². The Labute approximate surface area is 151 Å². The van der Waals surface area contributed by atoms with E-state index in [9.17, 15) is 17.6 Å².